The van der Waals surface area contributed by atoms with E-state index in [9.17, 15) is 4.39 Å². The zero-order chi connectivity index (χ0) is 18.4. The maximum absolute atomic E-state index is 13.2. The van der Waals surface area contributed by atoms with Gasteiger partial charge in [0.15, 0.2) is 11.5 Å². The standard InChI is InChI=1S/C20H15FO3.C2H6/c21-17-5-1-3-14(9-17)12-22-18-6-2-4-15(10-18)16-7-8-19-20(11-16)24-13-23-19;1-2/h1-11H,12-13H2;1-2H3. The van der Waals surface area contributed by atoms with Crippen LogP contribution in [0.2, 0.25) is 0 Å². The van der Waals surface area contributed by atoms with Gasteiger partial charge >= 0.3 is 0 Å². The van der Waals surface area contributed by atoms with E-state index in [0.717, 1.165) is 33.9 Å². The van der Waals surface area contributed by atoms with Gasteiger partial charge in [0, 0.05) is 0 Å². The van der Waals surface area contributed by atoms with Crippen molar-refractivity contribution in [3.8, 4) is 28.4 Å². The van der Waals surface area contributed by atoms with Gasteiger partial charge in [-0.1, -0.05) is 44.2 Å². The Hall–Kier alpha value is -3.01. The molecular formula is C22H21FO3. The van der Waals surface area contributed by atoms with E-state index in [4.69, 9.17) is 14.2 Å². The summed E-state index contributed by atoms with van der Waals surface area (Å²) in [5, 5.41) is 0. The molecule has 3 nitrogen and oxygen atoms in total. The van der Waals surface area contributed by atoms with Crippen LogP contribution in [-0.2, 0) is 6.61 Å². The molecule has 0 bridgehead atoms. The van der Waals surface area contributed by atoms with E-state index >= 15 is 0 Å². The summed E-state index contributed by atoms with van der Waals surface area (Å²) in [6.45, 7) is 4.58. The molecule has 0 aliphatic carbocycles. The molecule has 0 amide bonds. The minimum absolute atomic E-state index is 0.259. The molecule has 4 rings (SSSR count). The molecule has 0 atom stereocenters. The lowest BCUT2D eigenvalue weighted by molar-refractivity contribution is 0.174. The Morgan fingerprint density at radius 1 is 0.846 bits per heavy atom. The third kappa shape index (κ3) is 4.14. The van der Waals surface area contributed by atoms with Crippen LogP contribution in [0.15, 0.2) is 66.7 Å². The normalized spacial score (nSPS) is 11.5. The van der Waals surface area contributed by atoms with Gasteiger partial charge in [0.05, 0.1) is 0 Å². The van der Waals surface area contributed by atoms with Crippen molar-refractivity contribution in [2.45, 2.75) is 20.5 Å². The Kier molecular flexibility index (Phi) is 5.74. The molecular weight excluding hydrogens is 331 g/mol. The van der Waals surface area contributed by atoms with Gasteiger partial charge in [-0.05, 0) is 53.1 Å². The molecule has 0 N–H and O–H groups in total. The summed E-state index contributed by atoms with van der Waals surface area (Å²) in [4.78, 5) is 0. The van der Waals surface area contributed by atoms with E-state index < -0.39 is 0 Å². The molecule has 0 fully saturated rings. The molecule has 0 spiro atoms. The highest BCUT2D eigenvalue weighted by molar-refractivity contribution is 5.68. The van der Waals surface area contributed by atoms with Gasteiger partial charge in [-0.2, -0.15) is 0 Å². The summed E-state index contributed by atoms with van der Waals surface area (Å²) < 4.78 is 29.7. The molecule has 1 aliphatic heterocycles. The monoisotopic (exact) mass is 352 g/mol. The zero-order valence-electron chi connectivity index (χ0n) is 14.9. The highest BCUT2D eigenvalue weighted by Gasteiger charge is 2.14. The van der Waals surface area contributed by atoms with Crippen LogP contribution < -0.4 is 14.2 Å². The Balaban J connectivity index is 0.000000948. The minimum Gasteiger partial charge on any atom is -0.489 e. The first-order valence-electron chi connectivity index (χ1n) is 8.65. The molecule has 0 radical (unpaired) electrons. The molecule has 0 saturated heterocycles. The largest absolute Gasteiger partial charge is 0.489 e. The molecule has 4 heteroatoms. The van der Waals surface area contributed by atoms with E-state index in [-0.39, 0.29) is 12.6 Å². The van der Waals surface area contributed by atoms with Gasteiger partial charge in [-0.25, -0.2) is 4.39 Å². The van der Waals surface area contributed by atoms with Crippen molar-refractivity contribution in [1.82, 2.24) is 0 Å². The SMILES string of the molecule is CC.Fc1cccc(COc2cccc(-c3ccc4c(c3)OCO4)c2)c1. The fourth-order valence-electron chi connectivity index (χ4n) is 2.63. The van der Waals surface area contributed by atoms with Gasteiger partial charge in [-0.15, -0.1) is 0 Å². The van der Waals surface area contributed by atoms with E-state index in [1.54, 1.807) is 6.07 Å². The Bertz CT molecular complexity index is 877. The van der Waals surface area contributed by atoms with Gasteiger partial charge in [0.25, 0.3) is 0 Å². The lowest BCUT2D eigenvalue weighted by Gasteiger charge is -2.09. The number of ether oxygens (including phenoxy) is 3. The second kappa shape index (κ2) is 8.39. The molecule has 0 saturated carbocycles. The summed E-state index contributed by atoms with van der Waals surface area (Å²) in [6, 6.07) is 20.0. The predicted molar refractivity (Wildman–Crippen MR) is 100 cm³/mol. The number of hydrogen-bond acceptors (Lipinski definition) is 3. The summed E-state index contributed by atoms with van der Waals surface area (Å²) in [6.07, 6.45) is 0. The smallest absolute Gasteiger partial charge is 0.231 e. The fourth-order valence-corrected chi connectivity index (χ4v) is 2.63. The third-order valence-corrected chi connectivity index (χ3v) is 3.83. The Morgan fingerprint density at radius 3 is 2.46 bits per heavy atom. The maximum atomic E-state index is 13.2. The van der Waals surface area contributed by atoms with Gasteiger partial charge < -0.3 is 14.2 Å². The van der Waals surface area contributed by atoms with Crippen molar-refractivity contribution >= 4 is 0 Å². The average molecular weight is 352 g/mol. The highest BCUT2D eigenvalue weighted by atomic mass is 19.1. The number of fused-ring (bicyclic) bond motifs is 1. The molecule has 3 aromatic carbocycles. The van der Waals surface area contributed by atoms with Crippen LogP contribution in [0.1, 0.15) is 19.4 Å². The second-order valence-electron chi connectivity index (χ2n) is 5.51. The van der Waals surface area contributed by atoms with Crippen LogP contribution in [0.4, 0.5) is 4.39 Å². The Morgan fingerprint density at radius 2 is 1.62 bits per heavy atom. The third-order valence-electron chi connectivity index (χ3n) is 3.83. The number of benzene rings is 3. The van der Waals surface area contributed by atoms with E-state index in [1.807, 2.05) is 62.4 Å². The number of rotatable bonds is 4. The first-order valence-corrected chi connectivity index (χ1v) is 8.65. The summed E-state index contributed by atoms with van der Waals surface area (Å²) in [7, 11) is 0. The van der Waals surface area contributed by atoms with Crippen LogP contribution in [0.5, 0.6) is 17.2 Å². The maximum Gasteiger partial charge on any atom is 0.231 e. The summed E-state index contributed by atoms with van der Waals surface area (Å²) in [5.74, 6) is 1.98. The van der Waals surface area contributed by atoms with E-state index in [1.165, 1.54) is 12.1 Å². The lowest BCUT2D eigenvalue weighted by Crippen LogP contribution is -1.96. The van der Waals surface area contributed by atoms with Crippen molar-refractivity contribution in [3.05, 3.63) is 78.1 Å². The number of hydrogen-bond donors (Lipinski definition) is 0. The van der Waals surface area contributed by atoms with Gasteiger partial charge in [0.1, 0.15) is 18.2 Å². The van der Waals surface area contributed by atoms with Crippen LogP contribution in [0, 0.1) is 5.82 Å². The first kappa shape index (κ1) is 17.8. The minimum atomic E-state index is -0.259. The molecule has 134 valence electrons. The summed E-state index contributed by atoms with van der Waals surface area (Å²) in [5.41, 5.74) is 2.84. The van der Waals surface area contributed by atoms with Gasteiger partial charge in [-0.3, -0.25) is 0 Å². The zero-order valence-corrected chi connectivity index (χ0v) is 14.9. The fraction of sp³-hybridized carbons (Fsp3) is 0.182. The highest BCUT2D eigenvalue weighted by Crippen LogP contribution is 2.36. The average Bonchev–Trinajstić information content (AvgIpc) is 3.16. The van der Waals surface area contributed by atoms with Crippen molar-refractivity contribution in [2.24, 2.45) is 0 Å². The molecule has 1 aliphatic rings. The van der Waals surface area contributed by atoms with Crippen LogP contribution >= 0.6 is 0 Å². The van der Waals surface area contributed by atoms with E-state index in [2.05, 4.69) is 0 Å². The van der Waals surface area contributed by atoms with Crippen molar-refractivity contribution in [1.29, 1.82) is 0 Å². The van der Waals surface area contributed by atoms with Crippen LogP contribution in [0.3, 0.4) is 0 Å². The van der Waals surface area contributed by atoms with E-state index in [0.29, 0.717) is 6.61 Å². The molecule has 0 aromatic heterocycles. The molecule has 1 heterocycles. The van der Waals surface area contributed by atoms with Crippen molar-refractivity contribution in [2.75, 3.05) is 6.79 Å². The predicted octanol–water partition coefficient (Wildman–Crippen LogP) is 5.83. The molecule has 3 aromatic rings. The van der Waals surface area contributed by atoms with Crippen molar-refractivity contribution in [3.63, 3.8) is 0 Å². The summed E-state index contributed by atoms with van der Waals surface area (Å²) >= 11 is 0. The van der Waals surface area contributed by atoms with Crippen molar-refractivity contribution < 1.29 is 18.6 Å². The second-order valence-corrected chi connectivity index (χ2v) is 5.51. The molecule has 26 heavy (non-hydrogen) atoms. The van der Waals surface area contributed by atoms with Crippen LogP contribution in [0.25, 0.3) is 11.1 Å². The van der Waals surface area contributed by atoms with Crippen LogP contribution in [-0.4, -0.2) is 6.79 Å². The lowest BCUT2D eigenvalue weighted by atomic mass is 10.0. The quantitative estimate of drug-likeness (QED) is 0.591. The first-order chi connectivity index (χ1) is 12.8. The molecule has 0 unspecified atom stereocenters. The van der Waals surface area contributed by atoms with Gasteiger partial charge in [0.2, 0.25) is 6.79 Å². The number of halogens is 1. The Labute approximate surface area is 153 Å². The topological polar surface area (TPSA) is 27.7 Å².